The van der Waals surface area contributed by atoms with Crippen molar-refractivity contribution >= 4 is 17.5 Å². The molecule has 1 saturated heterocycles. The van der Waals surface area contributed by atoms with E-state index in [1.165, 1.54) is 63.4 Å². The van der Waals surface area contributed by atoms with E-state index < -0.39 is 0 Å². The molecular formula is C30H40N2O2. The molecule has 0 bridgehead atoms. The minimum absolute atomic E-state index is 0.119. The van der Waals surface area contributed by atoms with Crippen LogP contribution in [-0.2, 0) is 6.42 Å². The Bertz CT molecular complexity index is 933. The van der Waals surface area contributed by atoms with Gasteiger partial charge in [-0.15, -0.1) is 0 Å². The third-order valence-corrected chi connectivity index (χ3v) is 7.68. The van der Waals surface area contributed by atoms with E-state index in [9.17, 15) is 9.59 Å². The van der Waals surface area contributed by atoms with Gasteiger partial charge < -0.3 is 10.2 Å². The van der Waals surface area contributed by atoms with E-state index in [0.717, 1.165) is 31.5 Å². The second-order valence-corrected chi connectivity index (χ2v) is 10.1. The van der Waals surface area contributed by atoms with E-state index in [4.69, 9.17) is 0 Å². The number of benzene rings is 2. The quantitative estimate of drug-likeness (QED) is 0.401. The van der Waals surface area contributed by atoms with Gasteiger partial charge in [0.25, 0.3) is 11.8 Å². The van der Waals surface area contributed by atoms with Crippen LogP contribution in [0.15, 0.2) is 48.5 Å². The zero-order valence-electron chi connectivity index (χ0n) is 20.7. The first-order valence-corrected chi connectivity index (χ1v) is 13.5. The molecule has 0 spiro atoms. The van der Waals surface area contributed by atoms with Crippen molar-refractivity contribution in [3.05, 3.63) is 65.2 Å². The largest absolute Gasteiger partial charge is 0.335 e. The standard InChI is InChI=1S/C30H40N2O2/c1-2-3-4-5-6-10-23-14-20-27(21-15-23)31-29(33)25-16-18-26(19-17-25)30(34)32-22-9-12-24-11-7-8-13-28(24)32/h14-21,24,28H,2-13,22H2,1H3,(H,31,33)/t24-,28-/m0/s1. The van der Waals surface area contributed by atoms with E-state index >= 15 is 0 Å². The molecular weight excluding hydrogens is 420 g/mol. The number of amides is 2. The Kier molecular flexibility index (Phi) is 8.79. The number of likely N-dealkylation sites (tertiary alicyclic amines) is 1. The maximum absolute atomic E-state index is 13.2. The number of carbonyl (C=O) groups excluding carboxylic acids is 2. The summed E-state index contributed by atoms with van der Waals surface area (Å²) in [6.07, 6.45) is 14.8. The number of hydrogen-bond acceptors (Lipinski definition) is 2. The summed E-state index contributed by atoms with van der Waals surface area (Å²) in [5, 5.41) is 2.98. The molecule has 0 unspecified atom stereocenters. The Morgan fingerprint density at radius 3 is 2.26 bits per heavy atom. The highest BCUT2D eigenvalue weighted by atomic mass is 16.2. The van der Waals surface area contributed by atoms with Crippen LogP contribution in [0, 0.1) is 5.92 Å². The smallest absolute Gasteiger partial charge is 0.255 e. The Balaban J connectivity index is 1.30. The maximum atomic E-state index is 13.2. The third kappa shape index (κ3) is 6.28. The molecule has 1 N–H and O–H groups in total. The highest BCUT2D eigenvalue weighted by molar-refractivity contribution is 6.05. The summed E-state index contributed by atoms with van der Waals surface area (Å²) in [6, 6.07) is 15.7. The molecule has 2 aliphatic rings. The monoisotopic (exact) mass is 460 g/mol. The van der Waals surface area contributed by atoms with Gasteiger partial charge in [-0.3, -0.25) is 9.59 Å². The zero-order chi connectivity index (χ0) is 23.8. The molecule has 2 amide bonds. The van der Waals surface area contributed by atoms with Crippen molar-refractivity contribution in [3.63, 3.8) is 0 Å². The summed E-state index contributed by atoms with van der Waals surface area (Å²) >= 11 is 0. The minimum Gasteiger partial charge on any atom is -0.335 e. The Hall–Kier alpha value is -2.62. The lowest BCUT2D eigenvalue weighted by molar-refractivity contribution is 0.0390. The second-order valence-electron chi connectivity index (χ2n) is 10.1. The van der Waals surface area contributed by atoms with Gasteiger partial charge in [0.15, 0.2) is 0 Å². The van der Waals surface area contributed by atoms with Gasteiger partial charge in [0.1, 0.15) is 0 Å². The number of aryl methyl sites for hydroxylation is 1. The fourth-order valence-electron chi connectivity index (χ4n) is 5.70. The summed E-state index contributed by atoms with van der Waals surface area (Å²) in [7, 11) is 0. The predicted molar refractivity (Wildman–Crippen MR) is 139 cm³/mol. The predicted octanol–water partition coefficient (Wildman–Crippen LogP) is 7.25. The van der Waals surface area contributed by atoms with E-state index in [1.54, 1.807) is 12.1 Å². The lowest BCUT2D eigenvalue weighted by atomic mass is 9.78. The number of fused-ring (bicyclic) bond motifs is 1. The molecule has 2 aromatic rings. The van der Waals surface area contributed by atoms with Gasteiger partial charge in [-0.25, -0.2) is 0 Å². The molecule has 1 saturated carbocycles. The van der Waals surface area contributed by atoms with Crippen molar-refractivity contribution < 1.29 is 9.59 Å². The van der Waals surface area contributed by atoms with Gasteiger partial charge >= 0.3 is 0 Å². The van der Waals surface area contributed by atoms with E-state index in [0.29, 0.717) is 23.1 Å². The van der Waals surface area contributed by atoms with Crippen LogP contribution < -0.4 is 5.32 Å². The molecule has 4 heteroatoms. The zero-order valence-corrected chi connectivity index (χ0v) is 20.7. The summed E-state index contributed by atoms with van der Waals surface area (Å²) in [6.45, 7) is 3.10. The Labute approximate surface area is 205 Å². The van der Waals surface area contributed by atoms with Crippen LogP contribution in [-0.4, -0.2) is 29.3 Å². The number of unbranched alkanes of at least 4 members (excludes halogenated alkanes) is 4. The molecule has 0 radical (unpaired) electrons. The Morgan fingerprint density at radius 1 is 0.824 bits per heavy atom. The van der Waals surface area contributed by atoms with Crippen LogP contribution in [0.5, 0.6) is 0 Å². The van der Waals surface area contributed by atoms with Gasteiger partial charge in [-0.05, 0) is 86.4 Å². The first-order chi connectivity index (χ1) is 16.7. The summed E-state index contributed by atoms with van der Waals surface area (Å²) in [5.41, 5.74) is 3.38. The number of nitrogens with zero attached hydrogens (tertiary/aromatic N) is 1. The number of hydrogen-bond donors (Lipinski definition) is 1. The highest BCUT2D eigenvalue weighted by Gasteiger charge is 2.35. The van der Waals surface area contributed by atoms with Gasteiger partial charge in [0.2, 0.25) is 0 Å². The maximum Gasteiger partial charge on any atom is 0.255 e. The van der Waals surface area contributed by atoms with Crippen molar-refractivity contribution in [1.29, 1.82) is 0 Å². The molecule has 34 heavy (non-hydrogen) atoms. The van der Waals surface area contributed by atoms with E-state index in [1.807, 2.05) is 24.3 Å². The van der Waals surface area contributed by atoms with Gasteiger partial charge in [-0.1, -0.05) is 57.6 Å². The molecule has 182 valence electrons. The molecule has 1 heterocycles. The fourth-order valence-corrected chi connectivity index (χ4v) is 5.70. The number of nitrogens with one attached hydrogen (secondary N) is 1. The van der Waals surface area contributed by atoms with Crippen LogP contribution in [0.1, 0.15) is 104 Å². The van der Waals surface area contributed by atoms with Crippen molar-refractivity contribution in [2.45, 2.75) is 90.0 Å². The molecule has 1 aliphatic heterocycles. The van der Waals surface area contributed by atoms with Crippen molar-refractivity contribution in [1.82, 2.24) is 4.90 Å². The summed E-state index contributed by atoms with van der Waals surface area (Å²) in [5.74, 6) is 0.648. The average Bonchev–Trinajstić information content (AvgIpc) is 2.89. The number of piperidine rings is 1. The van der Waals surface area contributed by atoms with Gasteiger partial charge in [0.05, 0.1) is 0 Å². The molecule has 2 aromatic carbocycles. The second kappa shape index (κ2) is 12.2. The average molecular weight is 461 g/mol. The van der Waals surface area contributed by atoms with Crippen molar-refractivity contribution in [3.8, 4) is 0 Å². The molecule has 4 nitrogen and oxygen atoms in total. The molecule has 1 aliphatic carbocycles. The van der Waals surface area contributed by atoms with Crippen LogP contribution in [0.3, 0.4) is 0 Å². The van der Waals surface area contributed by atoms with Crippen LogP contribution in [0.2, 0.25) is 0 Å². The number of anilines is 1. The first-order valence-electron chi connectivity index (χ1n) is 13.5. The first kappa shape index (κ1) is 24.5. The molecule has 0 aromatic heterocycles. The van der Waals surface area contributed by atoms with Crippen molar-refractivity contribution in [2.75, 3.05) is 11.9 Å². The van der Waals surface area contributed by atoms with E-state index in [-0.39, 0.29) is 11.8 Å². The van der Waals surface area contributed by atoms with Gasteiger partial charge in [0, 0.05) is 29.4 Å². The third-order valence-electron chi connectivity index (χ3n) is 7.68. The normalized spacial score (nSPS) is 20.0. The SMILES string of the molecule is CCCCCCCc1ccc(NC(=O)c2ccc(C(=O)N3CCC[C@@H]4CCCC[C@@H]43)cc2)cc1. The molecule has 2 atom stereocenters. The van der Waals surface area contributed by atoms with Gasteiger partial charge in [-0.2, -0.15) is 0 Å². The fraction of sp³-hybridized carbons (Fsp3) is 0.533. The van der Waals surface area contributed by atoms with Crippen LogP contribution >= 0.6 is 0 Å². The van der Waals surface area contributed by atoms with Crippen LogP contribution in [0.25, 0.3) is 0 Å². The molecule has 2 fully saturated rings. The van der Waals surface area contributed by atoms with Crippen LogP contribution in [0.4, 0.5) is 5.69 Å². The Morgan fingerprint density at radius 2 is 1.50 bits per heavy atom. The topological polar surface area (TPSA) is 49.4 Å². The summed E-state index contributed by atoms with van der Waals surface area (Å²) < 4.78 is 0. The lowest BCUT2D eigenvalue weighted by Crippen LogP contribution is -2.49. The number of rotatable bonds is 9. The number of carbonyl (C=O) groups is 2. The lowest BCUT2D eigenvalue weighted by Gasteiger charge is -2.44. The summed E-state index contributed by atoms with van der Waals surface area (Å²) in [4.78, 5) is 28.1. The minimum atomic E-state index is -0.142. The molecule has 4 rings (SSSR count). The van der Waals surface area contributed by atoms with Crippen molar-refractivity contribution in [2.24, 2.45) is 5.92 Å². The van der Waals surface area contributed by atoms with E-state index in [2.05, 4.69) is 29.3 Å². The highest BCUT2D eigenvalue weighted by Crippen LogP contribution is 2.36.